The second-order valence-electron chi connectivity index (χ2n) is 15.6. The minimum absolute atomic E-state index is 0.633. The fourth-order valence-electron chi connectivity index (χ4n) is 10.3. The molecule has 11 aromatic rings. The van der Waals surface area contributed by atoms with Gasteiger partial charge in [-0.1, -0.05) is 91.0 Å². The Morgan fingerprint density at radius 3 is 1.75 bits per heavy atom. The van der Waals surface area contributed by atoms with E-state index in [1.165, 1.54) is 10.8 Å². The van der Waals surface area contributed by atoms with Crippen LogP contribution in [0.25, 0.3) is 77.5 Å². The number of rotatable bonds is 3. The highest BCUT2D eigenvalue weighted by atomic mass is 16.5. The molecule has 0 saturated carbocycles. The van der Waals surface area contributed by atoms with E-state index in [2.05, 4.69) is 161 Å². The zero-order chi connectivity index (χ0) is 39.5. The summed E-state index contributed by atoms with van der Waals surface area (Å²) in [6, 6.07) is 64.4. The Labute approximate surface area is 344 Å². The van der Waals surface area contributed by atoms with Gasteiger partial charge in [0.2, 0.25) is 0 Å². The second kappa shape index (κ2) is 12.1. The number of para-hydroxylation sites is 4. The zero-order valence-corrected chi connectivity index (χ0v) is 32.0. The number of hydrogen-bond donors (Lipinski definition) is 0. The molecular formula is C54H31N5O. The van der Waals surface area contributed by atoms with Crippen molar-refractivity contribution in [2.24, 2.45) is 0 Å². The number of nitriles is 1. The molecule has 0 amide bonds. The molecule has 1 spiro atoms. The van der Waals surface area contributed by atoms with Crippen molar-refractivity contribution in [3.8, 4) is 51.5 Å². The minimum Gasteiger partial charge on any atom is -0.457 e. The van der Waals surface area contributed by atoms with Crippen LogP contribution in [0.5, 0.6) is 11.5 Å². The van der Waals surface area contributed by atoms with Gasteiger partial charge in [0.15, 0.2) is 0 Å². The Balaban J connectivity index is 1.14. The van der Waals surface area contributed by atoms with Gasteiger partial charge in [0.05, 0.1) is 56.2 Å². The highest BCUT2D eigenvalue weighted by Gasteiger charge is 2.52. The molecule has 0 saturated heterocycles. The van der Waals surface area contributed by atoms with Crippen LogP contribution in [-0.4, -0.2) is 19.1 Å². The summed E-state index contributed by atoms with van der Waals surface area (Å²) >= 11 is 0. The van der Waals surface area contributed by atoms with Gasteiger partial charge in [-0.15, -0.1) is 0 Å². The van der Waals surface area contributed by atoms with Gasteiger partial charge >= 0.3 is 0 Å². The summed E-state index contributed by atoms with van der Waals surface area (Å²) in [4.78, 5) is 9.91. The Morgan fingerprint density at radius 2 is 1.05 bits per heavy atom. The predicted octanol–water partition coefficient (Wildman–Crippen LogP) is 12.7. The quantitative estimate of drug-likeness (QED) is 0.180. The average molecular weight is 766 g/mol. The van der Waals surface area contributed by atoms with Crippen LogP contribution in [0.1, 0.15) is 27.8 Å². The highest BCUT2D eigenvalue weighted by molar-refractivity contribution is 6.11. The molecule has 1 aliphatic heterocycles. The topological polar surface area (TPSA) is 68.7 Å². The third-order valence-electron chi connectivity index (χ3n) is 12.7. The number of nitrogens with zero attached hydrogens (tertiary/aromatic N) is 5. The molecule has 0 atom stereocenters. The van der Waals surface area contributed by atoms with Crippen molar-refractivity contribution in [3.05, 3.63) is 216 Å². The van der Waals surface area contributed by atoms with Gasteiger partial charge in [0.1, 0.15) is 11.5 Å². The van der Waals surface area contributed by atoms with E-state index in [1.807, 2.05) is 42.7 Å². The number of fused-ring (bicyclic) bond motifs is 15. The monoisotopic (exact) mass is 765 g/mol. The Kier molecular flexibility index (Phi) is 6.62. The summed E-state index contributed by atoms with van der Waals surface area (Å²) in [7, 11) is 0. The lowest BCUT2D eigenvalue weighted by molar-refractivity contribution is 0.436. The number of ether oxygens (including phenoxy) is 1. The molecule has 0 fully saturated rings. The molecule has 0 bridgehead atoms. The first-order valence-electron chi connectivity index (χ1n) is 20.1. The van der Waals surface area contributed by atoms with E-state index in [1.54, 1.807) is 0 Å². The van der Waals surface area contributed by atoms with Crippen LogP contribution in [0, 0.1) is 11.3 Å². The first kappa shape index (κ1) is 32.8. The average Bonchev–Trinajstić information content (AvgIpc) is 3.93. The lowest BCUT2D eigenvalue weighted by Gasteiger charge is -2.39. The van der Waals surface area contributed by atoms with Gasteiger partial charge in [-0.05, 0) is 102 Å². The van der Waals surface area contributed by atoms with Crippen molar-refractivity contribution in [1.29, 1.82) is 5.26 Å². The van der Waals surface area contributed by atoms with Crippen LogP contribution in [0.2, 0.25) is 0 Å². The summed E-state index contributed by atoms with van der Waals surface area (Å²) in [5.74, 6) is 1.62. The molecule has 60 heavy (non-hydrogen) atoms. The van der Waals surface area contributed by atoms with Crippen molar-refractivity contribution in [1.82, 2.24) is 19.1 Å². The van der Waals surface area contributed by atoms with Gasteiger partial charge in [-0.2, -0.15) is 5.26 Å². The first-order chi connectivity index (χ1) is 29.7. The molecule has 0 radical (unpaired) electrons. The maximum Gasteiger partial charge on any atom is 0.132 e. The maximum atomic E-state index is 9.95. The number of hydrogen-bond acceptors (Lipinski definition) is 4. The van der Waals surface area contributed by atoms with E-state index in [0.717, 1.165) is 100 Å². The van der Waals surface area contributed by atoms with Crippen LogP contribution in [0.4, 0.5) is 0 Å². The Bertz CT molecular complexity index is 3580. The van der Waals surface area contributed by atoms with Crippen LogP contribution < -0.4 is 4.74 Å². The van der Waals surface area contributed by atoms with E-state index in [9.17, 15) is 5.26 Å². The van der Waals surface area contributed by atoms with Crippen molar-refractivity contribution in [3.63, 3.8) is 0 Å². The first-order valence-corrected chi connectivity index (χ1v) is 20.1. The standard InChI is InChI=1S/C54H31N5O/c55-32-33-21-24-49-40(29-33)38-13-3-7-19-47(38)59(49)48-25-23-35(58-45-17-5-1-11-36(45)37-12-2-6-18-46(37)58)31-39(48)34-22-26-51-44(30-34)54(41-14-4-8-20-50(41)60-51)42-15-9-27-56-52(42)53-43(54)16-10-28-57-53/h1-31H. The molecule has 4 aromatic heterocycles. The van der Waals surface area contributed by atoms with Gasteiger partial charge in [0.25, 0.3) is 0 Å². The third-order valence-corrected chi connectivity index (χ3v) is 12.7. The molecule has 13 rings (SSSR count). The largest absolute Gasteiger partial charge is 0.457 e. The van der Waals surface area contributed by atoms with Gasteiger partial charge in [0, 0.05) is 56.3 Å². The normalized spacial score (nSPS) is 13.2. The minimum atomic E-state index is -0.724. The fourth-order valence-corrected chi connectivity index (χ4v) is 10.3. The van der Waals surface area contributed by atoms with Gasteiger partial charge < -0.3 is 13.9 Å². The van der Waals surface area contributed by atoms with Crippen molar-refractivity contribution in [2.75, 3.05) is 0 Å². The summed E-state index contributed by atoms with van der Waals surface area (Å²) in [5, 5.41) is 14.5. The van der Waals surface area contributed by atoms with Crippen molar-refractivity contribution in [2.45, 2.75) is 5.41 Å². The molecule has 1 aliphatic carbocycles. The van der Waals surface area contributed by atoms with E-state index < -0.39 is 5.41 Å². The van der Waals surface area contributed by atoms with Crippen LogP contribution in [-0.2, 0) is 5.41 Å². The van der Waals surface area contributed by atoms with Crippen molar-refractivity contribution < 1.29 is 4.74 Å². The Hall–Kier alpha value is -8.27. The van der Waals surface area contributed by atoms with E-state index in [0.29, 0.717) is 5.56 Å². The zero-order valence-electron chi connectivity index (χ0n) is 32.0. The van der Waals surface area contributed by atoms with Crippen LogP contribution in [0.15, 0.2) is 188 Å². The number of benzene rings is 7. The van der Waals surface area contributed by atoms with Gasteiger partial charge in [-0.3, -0.25) is 9.97 Å². The summed E-state index contributed by atoms with van der Waals surface area (Å²) in [5.41, 5.74) is 14.5. The smallest absolute Gasteiger partial charge is 0.132 e. The van der Waals surface area contributed by atoms with E-state index in [-0.39, 0.29) is 0 Å². The van der Waals surface area contributed by atoms with Crippen molar-refractivity contribution >= 4 is 43.6 Å². The predicted molar refractivity (Wildman–Crippen MR) is 238 cm³/mol. The second-order valence-corrected chi connectivity index (χ2v) is 15.6. The summed E-state index contributed by atoms with van der Waals surface area (Å²) < 4.78 is 11.6. The third kappa shape index (κ3) is 4.25. The van der Waals surface area contributed by atoms with E-state index >= 15 is 0 Å². The highest BCUT2D eigenvalue weighted by Crippen LogP contribution is 2.61. The Morgan fingerprint density at radius 1 is 0.467 bits per heavy atom. The lowest BCUT2D eigenvalue weighted by atomic mass is 9.66. The SMILES string of the molecule is N#Cc1ccc2c(c1)c1ccccc1n2-c1ccc(-n2c3ccccc3c3ccccc32)cc1-c1ccc2c(c1)C1(c3ccccc3O2)c2cccnc2-c2ncccc21. The molecular weight excluding hydrogens is 735 g/mol. The molecule has 278 valence electrons. The number of pyridine rings is 2. The fraction of sp³-hybridized carbons (Fsp3) is 0.0185. The molecule has 7 aromatic carbocycles. The summed E-state index contributed by atoms with van der Waals surface area (Å²) in [6.07, 6.45) is 3.72. The number of aromatic nitrogens is 4. The van der Waals surface area contributed by atoms with E-state index in [4.69, 9.17) is 14.7 Å². The van der Waals surface area contributed by atoms with Crippen LogP contribution >= 0.6 is 0 Å². The van der Waals surface area contributed by atoms with Crippen LogP contribution in [0.3, 0.4) is 0 Å². The molecule has 0 N–H and O–H groups in total. The molecule has 0 unspecified atom stereocenters. The molecule has 2 aliphatic rings. The summed E-state index contributed by atoms with van der Waals surface area (Å²) in [6.45, 7) is 0. The maximum absolute atomic E-state index is 9.95. The molecule has 5 heterocycles. The van der Waals surface area contributed by atoms with Gasteiger partial charge in [-0.25, -0.2) is 0 Å². The molecule has 6 heteroatoms. The molecule has 6 nitrogen and oxygen atoms in total. The lowest BCUT2D eigenvalue weighted by Crippen LogP contribution is -2.32.